The van der Waals surface area contributed by atoms with Crippen molar-refractivity contribution in [3.8, 4) is 0 Å². The van der Waals surface area contributed by atoms with Gasteiger partial charge in [0.2, 0.25) is 0 Å². The molecule has 2 nitrogen and oxygen atoms in total. The van der Waals surface area contributed by atoms with Crippen molar-refractivity contribution in [1.82, 2.24) is 10.6 Å². The minimum atomic E-state index is 0.730. The van der Waals surface area contributed by atoms with Gasteiger partial charge in [0.1, 0.15) is 0 Å². The average molecular weight is 224 g/mol. The highest BCUT2D eigenvalue weighted by molar-refractivity contribution is 7.80. The second-order valence-electron chi connectivity index (χ2n) is 5.41. The Morgan fingerprint density at radius 1 is 1.27 bits per heavy atom. The number of thiocarbonyl (C=S) groups is 1. The second-order valence-corrected chi connectivity index (χ2v) is 5.82. The summed E-state index contributed by atoms with van der Waals surface area (Å²) in [4.78, 5) is 0. The SMILES string of the molecule is CCCNC(=S)NC1C2C3CCC(C3)C12. The van der Waals surface area contributed by atoms with Crippen LogP contribution in [0.3, 0.4) is 0 Å². The van der Waals surface area contributed by atoms with Crippen LogP contribution in [0.4, 0.5) is 0 Å². The van der Waals surface area contributed by atoms with Crippen molar-refractivity contribution in [2.45, 2.75) is 38.6 Å². The standard InChI is InChI=1S/C12H20N2S/c1-2-5-13-12(15)14-11-9-7-3-4-8(6-7)10(9)11/h7-11H,2-6H2,1H3,(H2,13,14,15). The monoisotopic (exact) mass is 224 g/mol. The van der Waals surface area contributed by atoms with E-state index in [0.29, 0.717) is 0 Å². The third-order valence-corrected chi connectivity index (χ3v) is 4.83. The van der Waals surface area contributed by atoms with Crippen LogP contribution in [0.2, 0.25) is 0 Å². The zero-order valence-corrected chi connectivity index (χ0v) is 10.1. The summed E-state index contributed by atoms with van der Waals surface area (Å²) in [5.74, 6) is 4.02. The molecule has 3 heteroatoms. The summed E-state index contributed by atoms with van der Waals surface area (Å²) in [5, 5.41) is 7.66. The molecule has 0 aromatic rings. The van der Waals surface area contributed by atoms with Crippen molar-refractivity contribution in [2.75, 3.05) is 6.54 Å². The van der Waals surface area contributed by atoms with Crippen molar-refractivity contribution in [3.05, 3.63) is 0 Å². The zero-order valence-electron chi connectivity index (χ0n) is 9.33. The van der Waals surface area contributed by atoms with E-state index in [1.807, 2.05) is 0 Å². The Balaban J connectivity index is 1.49. The molecule has 3 saturated carbocycles. The van der Waals surface area contributed by atoms with Crippen molar-refractivity contribution in [1.29, 1.82) is 0 Å². The van der Waals surface area contributed by atoms with E-state index in [4.69, 9.17) is 12.2 Å². The van der Waals surface area contributed by atoms with Gasteiger partial charge in [-0.2, -0.15) is 0 Å². The maximum absolute atomic E-state index is 5.29. The lowest BCUT2D eigenvalue weighted by atomic mass is 10.0. The lowest BCUT2D eigenvalue weighted by molar-refractivity contribution is 0.456. The number of hydrogen-bond donors (Lipinski definition) is 2. The first-order valence-electron chi connectivity index (χ1n) is 6.35. The zero-order chi connectivity index (χ0) is 10.4. The van der Waals surface area contributed by atoms with Crippen LogP contribution in [0, 0.1) is 23.7 Å². The molecule has 2 N–H and O–H groups in total. The van der Waals surface area contributed by atoms with Crippen molar-refractivity contribution < 1.29 is 0 Å². The van der Waals surface area contributed by atoms with E-state index in [2.05, 4.69) is 17.6 Å². The lowest BCUT2D eigenvalue weighted by Gasteiger charge is -2.13. The lowest BCUT2D eigenvalue weighted by Crippen LogP contribution is -2.39. The summed E-state index contributed by atoms with van der Waals surface area (Å²) in [6.45, 7) is 3.17. The molecule has 0 amide bonds. The van der Waals surface area contributed by atoms with Gasteiger partial charge in [0, 0.05) is 12.6 Å². The molecule has 84 valence electrons. The predicted molar refractivity (Wildman–Crippen MR) is 65.6 cm³/mol. The molecule has 0 aromatic carbocycles. The van der Waals surface area contributed by atoms with Crippen LogP contribution in [-0.4, -0.2) is 17.7 Å². The maximum atomic E-state index is 5.29. The molecule has 0 saturated heterocycles. The third-order valence-electron chi connectivity index (χ3n) is 4.57. The predicted octanol–water partition coefficient (Wildman–Crippen LogP) is 1.91. The first-order valence-corrected chi connectivity index (χ1v) is 6.76. The molecular formula is C12H20N2S. The molecule has 0 heterocycles. The highest BCUT2D eigenvalue weighted by Crippen LogP contribution is 2.65. The molecule has 4 atom stereocenters. The molecule has 0 spiro atoms. The van der Waals surface area contributed by atoms with Gasteiger partial charge in [0.15, 0.2) is 5.11 Å². The fourth-order valence-electron chi connectivity index (χ4n) is 3.96. The van der Waals surface area contributed by atoms with E-state index >= 15 is 0 Å². The van der Waals surface area contributed by atoms with E-state index in [0.717, 1.165) is 47.8 Å². The first kappa shape index (κ1) is 9.88. The largest absolute Gasteiger partial charge is 0.363 e. The Bertz CT molecular complexity index is 263. The van der Waals surface area contributed by atoms with Gasteiger partial charge in [-0.15, -0.1) is 0 Å². The van der Waals surface area contributed by atoms with E-state index in [1.165, 1.54) is 19.3 Å². The van der Waals surface area contributed by atoms with Gasteiger partial charge >= 0.3 is 0 Å². The topological polar surface area (TPSA) is 24.1 Å². The van der Waals surface area contributed by atoms with E-state index in [1.54, 1.807) is 0 Å². The summed E-state index contributed by atoms with van der Waals surface area (Å²) < 4.78 is 0. The van der Waals surface area contributed by atoms with Gasteiger partial charge in [-0.25, -0.2) is 0 Å². The highest BCUT2D eigenvalue weighted by Gasteiger charge is 2.65. The Labute approximate surface area is 97.2 Å². The molecule has 2 bridgehead atoms. The molecule has 3 rings (SSSR count). The number of fused-ring (bicyclic) bond motifs is 5. The molecule has 4 unspecified atom stereocenters. The Hall–Kier alpha value is -0.310. The number of nitrogens with one attached hydrogen (secondary N) is 2. The third kappa shape index (κ3) is 1.55. The van der Waals surface area contributed by atoms with Crippen molar-refractivity contribution >= 4 is 17.3 Å². The molecule has 3 aliphatic rings. The second kappa shape index (κ2) is 3.62. The Kier molecular flexibility index (Phi) is 2.38. The smallest absolute Gasteiger partial charge is 0.166 e. The molecule has 3 aliphatic carbocycles. The van der Waals surface area contributed by atoms with Crippen molar-refractivity contribution in [3.63, 3.8) is 0 Å². The van der Waals surface area contributed by atoms with Crippen LogP contribution in [0.25, 0.3) is 0 Å². The quantitative estimate of drug-likeness (QED) is 0.716. The fourth-order valence-corrected chi connectivity index (χ4v) is 4.20. The number of rotatable bonds is 3. The molecule has 0 aromatic heterocycles. The van der Waals surface area contributed by atoms with Crippen LogP contribution in [-0.2, 0) is 0 Å². The molecule has 15 heavy (non-hydrogen) atoms. The van der Waals surface area contributed by atoms with Gasteiger partial charge < -0.3 is 10.6 Å². The summed E-state index contributed by atoms with van der Waals surface area (Å²) in [5.41, 5.74) is 0. The van der Waals surface area contributed by atoms with Gasteiger partial charge in [-0.3, -0.25) is 0 Å². The Morgan fingerprint density at radius 2 is 1.93 bits per heavy atom. The summed E-state index contributed by atoms with van der Waals surface area (Å²) in [7, 11) is 0. The van der Waals surface area contributed by atoms with E-state index in [9.17, 15) is 0 Å². The maximum Gasteiger partial charge on any atom is 0.166 e. The summed E-state index contributed by atoms with van der Waals surface area (Å²) in [6.07, 6.45) is 5.63. The van der Waals surface area contributed by atoms with Gasteiger partial charge in [0.25, 0.3) is 0 Å². The fraction of sp³-hybridized carbons (Fsp3) is 0.917. The normalized spacial score (nSPS) is 45.0. The molecule has 0 radical (unpaired) electrons. The van der Waals surface area contributed by atoms with Crippen molar-refractivity contribution in [2.24, 2.45) is 23.7 Å². The van der Waals surface area contributed by atoms with Crippen LogP contribution in [0.1, 0.15) is 32.6 Å². The van der Waals surface area contributed by atoms with Crippen LogP contribution >= 0.6 is 12.2 Å². The van der Waals surface area contributed by atoms with Crippen LogP contribution in [0.15, 0.2) is 0 Å². The van der Waals surface area contributed by atoms with Gasteiger partial charge in [-0.05, 0) is 61.6 Å². The first-order chi connectivity index (χ1) is 7.31. The van der Waals surface area contributed by atoms with E-state index in [-0.39, 0.29) is 0 Å². The van der Waals surface area contributed by atoms with Crippen LogP contribution < -0.4 is 10.6 Å². The van der Waals surface area contributed by atoms with Crippen LogP contribution in [0.5, 0.6) is 0 Å². The minimum Gasteiger partial charge on any atom is -0.363 e. The molecule has 0 aliphatic heterocycles. The number of hydrogen-bond acceptors (Lipinski definition) is 1. The van der Waals surface area contributed by atoms with E-state index < -0.39 is 0 Å². The van der Waals surface area contributed by atoms with Gasteiger partial charge in [0.05, 0.1) is 0 Å². The summed E-state index contributed by atoms with van der Waals surface area (Å²) in [6, 6.07) is 0.730. The molecule has 3 fully saturated rings. The molecular weight excluding hydrogens is 204 g/mol. The van der Waals surface area contributed by atoms with Gasteiger partial charge in [-0.1, -0.05) is 6.92 Å². The Morgan fingerprint density at radius 3 is 2.53 bits per heavy atom. The minimum absolute atomic E-state index is 0.730. The average Bonchev–Trinajstić information content (AvgIpc) is 2.65. The summed E-state index contributed by atoms with van der Waals surface area (Å²) >= 11 is 5.29. The highest BCUT2D eigenvalue weighted by atomic mass is 32.1.